The van der Waals surface area contributed by atoms with Gasteiger partial charge in [-0.3, -0.25) is 9.36 Å². The smallest absolute Gasteiger partial charge is 0.343 e. The minimum atomic E-state index is -1.10. The van der Waals surface area contributed by atoms with E-state index in [1.165, 1.54) is 16.3 Å². The second kappa shape index (κ2) is 6.05. The van der Waals surface area contributed by atoms with E-state index in [1.54, 1.807) is 13.8 Å². The number of rotatable bonds is 6. The highest BCUT2D eigenvalue weighted by molar-refractivity contribution is 7.99. The van der Waals surface area contributed by atoms with Gasteiger partial charge in [0.1, 0.15) is 5.54 Å². The van der Waals surface area contributed by atoms with Crippen LogP contribution in [0.5, 0.6) is 0 Å². The second-order valence-electron chi connectivity index (χ2n) is 3.98. The molecule has 1 rings (SSSR count). The Morgan fingerprint density at radius 3 is 2.83 bits per heavy atom. The number of aromatic nitrogens is 3. The van der Waals surface area contributed by atoms with Crippen molar-refractivity contribution in [1.29, 1.82) is 0 Å². The molecule has 1 aromatic heterocycles. The summed E-state index contributed by atoms with van der Waals surface area (Å²) in [6.45, 7) is 5.97. The number of nitrogens with one attached hydrogen (secondary N) is 1. The van der Waals surface area contributed by atoms with Crippen molar-refractivity contribution in [3.8, 4) is 0 Å². The SMILES string of the molecule is CCOC(=O)C(C)(N)CSc1n[nH]c(=O)n1CC. The first kappa shape index (κ1) is 14.8. The molecule has 7 nitrogen and oxygen atoms in total. The van der Waals surface area contributed by atoms with E-state index in [0.717, 1.165) is 0 Å². The predicted molar refractivity (Wildman–Crippen MR) is 68.5 cm³/mol. The number of H-pyrrole nitrogens is 1. The fourth-order valence-electron chi connectivity index (χ4n) is 1.26. The second-order valence-corrected chi connectivity index (χ2v) is 4.92. The van der Waals surface area contributed by atoms with Gasteiger partial charge in [-0.15, -0.1) is 5.10 Å². The van der Waals surface area contributed by atoms with Gasteiger partial charge in [0, 0.05) is 12.3 Å². The third-order valence-electron chi connectivity index (χ3n) is 2.28. The summed E-state index contributed by atoms with van der Waals surface area (Å²) in [5.41, 5.74) is 4.50. The standard InChI is InChI=1S/C10H18N4O3S/c1-4-14-8(16)12-13-9(14)18-6-10(3,11)7(15)17-5-2/h4-6,11H2,1-3H3,(H,12,16). The number of nitrogens with zero attached hydrogens (tertiary/aromatic N) is 2. The molecule has 0 aromatic carbocycles. The Kier molecular flexibility index (Phi) is 4.97. The molecule has 0 radical (unpaired) electrons. The number of thioether (sulfide) groups is 1. The van der Waals surface area contributed by atoms with Gasteiger partial charge in [0.05, 0.1) is 6.61 Å². The highest BCUT2D eigenvalue weighted by Gasteiger charge is 2.30. The predicted octanol–water partition coefficient (Wildman–Crippen LogP) is -0.0361. The van der Waals surface area contributed by atoms with Crippen molar-refractivity contribution in [1.82, 2.24) is 14.8 Å². The van der Waals surface area contributed by atoms with Gasteiger partial charge in [-0.2, -0.15) is 0 Å². The number of hydrogen-bond donors (Lipinski definition) is 2. The Hall–Kier alpha value is -1.28. The Morgan fingerprint density at radius 1 is 1.61 bits per heavy atom. The molecule has 0 amide bonds. The summed E-state index contributed by atoms with van der Waals surface area (Å²) in [4.78, 5) is 22.9. The van der Waals surface area contributed by atoms with Crippen LogP contribution in [-0.2, 0) is 16.1 Å². The monoisotopic (exact) mass is 274 g/mol. The topological polar surface area (TPSA) is 103 Å². The molecule has 102 valence electrons. The third kappa shape index (κ3) is 3.36. The van der Waals surface area contributed by atoms with Gasteiger partial charge in [-0.05, 0) is 20.8 Å². The normalized spacial score (nSPS) is 14.2. The van der Waals surface area contributed by atoms with Crippen LogP contribution in [0.1, 0.15) is 20.8 Å². The van der Waals surface area contributed by atoms with E-state index in [9.17, 15) is 9.59 Å². The summed E-state index contributed by atoms with van der Waals surface area (Å²) in [7, 11) is 0. The van der Waals surface area contributed by atoms with Crippen LogP contribution < -0.4 is 11.4 Å². The molecule has 0 aliphatic rings. The Balaban J connectivity index is 2.69. The Labute approximate surface area is 109 Å². The first-order valence-corrected chi connectivity index (χ1v) is 6.65. The van der Waals surface area contributed by atoms with Crippen LogP contribution in [0.3, 0.4) is 0 Å². The number of nitrogens with two attached hydrogens (primary N) is 1. The van der Waals surface area contributed by atoms with Crippen LogP contribution in [0, 0.1) is 0 Å². The van der Waals surface area contributed by atoms with Crippen LogP contribution in [-0.4, -0.2) is 38.6 Å². The number of aromatic amines is 1. The zero-order valence-electron chi connectivity index (χ0n) is 10.7. The first-order chi connectivity index (χ1) is 8.42. The average molecular weight is 274 g/mol. The van der Waals surface area contributed by atoms with Crippen molar-refractivity contribution in [3.63, 3.8) is 0 Å². The van der Waals surface area contributed by atoms with Gasteiger partial charge >= 0.3 is 11.7 Å². The minimum absolute atomic E-state index is 0.269. The van der Waals surface area contributed by atoms with Crippen molar-refractivity contribution in [2.45, 2.75) is 38.0 Å². The van der Waals surface area contributed by atoms with Gasteiger partial charge in [0.25, 0.3) is 0 Å². The van der Waals surface area contributed by atoms with Gasteiger partial charge < -0.3 is 10.5 Å². The molecule has 0 spiro atoms. The molecule has 3 N–H and O–H groups in total. The van der Waals surface area contributed by atoms with E-state index < -0.39 is 11.5 Å². The van der Waals surface area contributed by atoms with Crippen LogP contribution in [0.15, 0.2) is 9.95 Å². The summed E-state index contributed by atoms with van der Waals surface area (Å²) < 4.78 is 6.36. The van der Waals surface area contributed by atoms with Crippen LogP contribution >= 0.6 is 11.8 Å². The number of esters is 1. The van der Waals surface area contributed by atoms with E-state index in [2.05, 4.69) is 10.2 Å². The molecule has 0 fully saturated rings. The lowest BCUT2D eigenvalue weighted by Crippen LogP contribution is -2.48. The lowest BCUT2D eigenvalue weighted by atomic mass is 10.1. The first-order valence-electron chi connectivity index (χ1n) is 5.66. The zero-order chi connectivity index (χ0) is 13.8. The highest BCUT2D eigenvalue weighted by Crippen LogP contribution is 2.19. The number of carbonyl (C=O) groups is 1. The van der Waals surface area contributed by atoms with Crippen molar-refractivity contribution in [2.24, 2.45) is 5.73 Å². The highest BCUT2D eigenvalue weighted by atomic mass is 32.2. The maximum atomic E-state index is 11.6. The van der Waals surface area contributed by atoms with E-state index in [4.69, 9.17) is 10.5 Å². The molecule has 1 aromatic rings. The third-order valence-corrected chi connectivity index (χ3v) is 3.60. The Morgan fingerprint density at radius 2 is 2.28 bits per heavy atom. The van der Waals surface area contributed by atoms with Gasteiger partial charge in [0.2, 0.25) is 0 Å². The quantitative estimate of drug-likeness (QED) is 0.557. The van der Waals surface area contributed by atoms with Crippen molar-refractivity contribution < 1.29 is 9.53 Å². The average Bonchev–Trinajstić information content (AvgIpc) is 2.67. The largest absolute Gasteiger partial charge is 0.465 e. The van der Waals surface area contributed by atoms with Crippen LogP contribution in [0.25, 0.3) is 0 Å². The molecule has 1 atom stereocenters. The van der Waals surface area contributed by atoms with E-state index in [-0.39, 0.29) is 11.4 Å². The minimum Gasteiger partial charge on any atom is -0.465 e. The fraction of sp³-hybridized carbons (Fsp3) is 0.700. The lowest BCUT2D eigenvalue weighted by molar-refractivity contribution is -0.148. The zero-order valence-corrected chi connectivity index (χ0v) is 11.5. The van der Waals surface area contributed by atoms with Crippen molar-refractivity contribution >= 4 is 17.7 Å². The summed E-state index contributed by atoms with van der Waals surface area (Å²) in [6.07, 6.45) is 0. The maximum absolute atomic E-state index is 11.6. The molecular formula is C10H18N4O3S. The number of ether oxygens (including phenoxy) is 1. The number of hydrogen-bond acceptors (Lipinski definition) is 6. The maximum Gasteiger partial charge on any atom is 0.343 e. The summed E-state index contributed by atoms with van der Waals surface area (Å²) >= 11 is 1.25. The molecule has 0 aliphatic carbocycles. The number of carbonyl (C=O) groups excluding carboxylic acids is 1. The summed E-state index contributed by atoms with van der Waals surface area (Å²) in [6, 6.07) is 0. The van der Waals surface area contributed by atoms with E-state index >= 15 is 0 Å². The molecule has 0 bridgehead atoms. The van der Waals surface area contributed by atoms with Gasteiger partial charge in [-0.1, -0.05) is 11.8 Å². The van der Waals surface area contributed by atoms with Crippen LogP contribution in [0.2, 0.25) is 0 Å². The van der Waals surface area contributed by atoms with E-state index in [1.807, 2.05) is 6.92 Å². The molecule has 0 aliphatic heterocycles. The Bertz CT molecular complexity index is 466. The molecule has 0 saturated heterocycles. The molecule has 0 saturated carbocycles. The fourth-order valence-corrected chi connectivity index (χ4v) is 2.29. The van der Waals surface area contributed by atoms with Crippen LogP contribution in [0.4, 0.5) is 0 Å². The molecule has 8 heteroatoms. The summed E-state index contributed by atoms with van der Waals surface area (Å²) in [5, 5.41) is 6.75. The summed E-state index contributed by atoms with van der Waals surface area (Å²) in [5.74, 6) is -0.172. The van der Waals surface area contributed by atoms with Gasteiger partial charge in [0.15, 0.2) is 5.16 Å². The van der Waals surface area contributed by atoms with Crippen molar-refractivity contribution in [3.05, 3.63) is 10.5 Å². The lowest BCUT2D eigenvalue weighted by Gasteiger charge is -2.21. The van der Waals surface area contributed by atoms with E-state index in [0.29, 0.717) is 18.3 Å². The molecular weight excluding hydrogens is 256 g/mol. The molecule has 1 heterocycles. The molecule has 1 unspecified atom stereocenters. The van der Waals surface area contributed by atoms with Crippen molar-refractivity contribution in [2.75, 3.05) is 12.4 Å². The van der Waals surface area contributed by atoms with Gasteiger partial charge in [-0.25, -0.2) is 9.89 Å². The molecule has 18 heavy (non-hydrogen) atoms.